The van der Waals surface area contributed by atoms with Gasteiger partial charge in [-0.25, -0.2) is 0 Å². The summed E-state index contributed by atoms with van der Waals surface area (Å²) in [5.74, 6) is 2.11. The van der Waals surface area contributed by atoms with Gasteiger partial charge in [-0.2, -0.15) is 16.7 Å². The van der Waals surface area contributed by atoms with E-state index in [9.17, 15) is 0 Å². The minimum atomic E-state index is 0.565. The van der Waals surface area contributed by atoms with Crippen LogP contribution in [-0.4, -0.2) is 21.9 Å². The SMILES string of the molecule is CC(C)SCc1noc(-c2cccc(CCN)c2)n1. The molecule has 2 rings (SSSR count). The largest absolute Gasteiger partial charge is 0.334 e. The van der Waals surface area contributed by atoms with Gasteiger partial charge in [-0.15, -0.1) is 0 Å². The molecule has 0 saturated carbocycles. The Kier molecular flexibility index (Phi) is 4.99. The molecule has 0 fully saturated rings. The Morgan fingerprint density at radius 3 is 2.95 bits per heavy atom. The number of thioether (sulfide) groups is 1. The lowest BCUT2D eigenvalue weighted by molar-refractivity contribution is 0.425. The average molecular weight is 277 g/mol. The minimum Gasteiger partial charge on any atom is -0.334 e. The van der Waals surface area contributed by atoms with Gasteiger partial charge in [-0.05, 0) is 35.9 Å². The van der Waals surface area contributed by atoms with Crippen molar-refractivity contribution in [1.82, 2.24) is 10.1 Å². The summed E-state index contributed by atoms with van der Waals surface area (Å²) in [6.45, 7) is 4.95. The Morgan fingerprint density at radius 2 is 2.21 bits per heavy atom. The molecule has 102 valence electrons. The monoisotopic (exact) mass is 277 g/mol. The second-order valence-electron chi connectivity index (χ2n) is 4.61. The number of hydrogen-bond acceptors (Lipinski definition) is 5. The van der Waals surface area contributed by atoms with E-state index in [1.807, 2.05) is 12.1 Å². The van der Waals surface area contributed by atoms with Crippen molar-refractivity contribution in [3.8, 4) is 11.5 Å². The normalized spacial score (nSPS) is 11.2. The summed E-state index contributed by atoms with van der Waals surface area (Å²) < 4.78 is 5.31. The predicted octanol–water partition coefficient (Wildman–Crippen LogP) is 2.88. The van der Waals surface area contributed by atoms with Gasteiger partial charge >= 0.3 is 0 Å². The van der Waals surface area contributed by atoms with E-state index in [-0.39, 0.29) is 0 Å². The standard InChI is InChI=1S/C14H19N3OS/c1-10(2)19-9-13-16-14(18-17-13)12-5-3-4-11(8-12)6-7-15/h3-5,8,10H,6-7,9,15H2,1-2H3. The van der Waals surface area contributed by atoms with Crippen LogP contribution in [-0.2, 0) is 12.2 Å². The molecule has 5 heteroatoms. The molecule has 1 aromatic heterocycles. The maximum Gasteiger partial charge on any atom is 0.257 e. The maximum absolute atomic E-state index is 5.57. The van der Waals surface area contributed by atoms with Gasteiger partial charge in [-0.1, -0.05) is 31.1 Å². The average Bonchev–Trinajstić information content (AvgIpc) is 2.86. The highest BCUT2D eigenvalue weighted by atomic mass is 32.2. The van der Waals surface area contributed by atoms with Crippen LogP contribution in [0.3, 0.4) is 0 Å². The second-order valence-corrected chi connectivity index (χ2v) is 6.18. The molecule has 0 unspecified atom stereocenters. The van der Waals surface area contributed by atoms with Crippen LogP contribution in [0.25, 0.3) is 11.5 Å². The molecule has 4 nitrogen and oxygen atoms in total. The van der Waals surface area contributed by atoms with E-state index in [4.69, 9.17) is 10.3 Å². The van der Waals surface area contributed by atoms with Crippen LogP contribution in [0.1, 0.15) is 25.2 Å². The molecule has 19 heavy (non-hydrogen) atoms. The zero-order valence-electron chi connectivity index (χ0n) is 11.3. The van der Waals surface area contributed by atoms with Gasteiger partial charge in [0.2, 0.25) is 0 Å². The van der Waals surface area contributed by atoms with Crippen LogP contribution in [0, 0.1) is 0 Å². The molecule has 0 spiro atoms. The van der Waals surface area contributed by atoms with Crippen LogP contribution in [0.5, 0.6) is 0 Å². The van der Waals surface area contributed by atoms with E-state index in [1.54, 1.807) is 11.8 Å². The van der Waals surface area contributed by atoms with E-state index >= 15 is 0 Å². The molecule has 1 heterocycles. The maximum atomic E-state index is 5.57. The lowest BCUT2D eigenvalue weighted by Crippen LogP contribution is -2.02. The van der Waals surface area contributed by atoms with Crippen molar-refractivity contribution in [2.75, 3.05) is 6.54 Å². The van der Waals surface area contributed by atoms with E-state index in [1.165, 1.54) is 5.56 Å². The molecular formula is C14H19N3OS. The number of nitrogens with two attached hydrogens (primary N) is 1. The fourth-order valence-electron chi connectivity index (χ4n) is 1.70. The van der Waals surface area contributed by atoms with Gasteiger partial charge in [0.1, 0.15) is 0 Å². The quantitative estimate of drug-likeness (QED) is 0.879. The van der Waals surface area contributed by atoms with Gasteiger partial charge in [0.15, 0.2) is 5.82 Å². The zero-order valence-corrected chi connectivity index (χ0v) is 12.1. The highest BCUT2D eigenvalue weighted by Gasteiger charge is 2.09. The van der Waals surface area contributed by atoms with Gasteiger partial charge in [0, 0.05) is 5.56 Å². The number of benzene rings is 1. The van der Waals surface area contributed by atoms with E-state index in [2.05, 4.69) is 36.1 Å². The highest BCUT2D eigenvalue weighted by Crippen LogP contribution is 2.21. The van der Waals surface area contributed by atoms with Crippen molar-refractivity contribution in [2.24, 2.45) is 5.73 Å². The molecule has 0 atom stereocenters. The Hall–Kier alpha value is -1.33. The van der Waals surface area contributed by atoms with Crippen molar-refractivity contribution in [2.45, 2.75) is 31.3 Å². The van der Waals surface area contributed by atoms with Crippen LogP contribution in [0.4, 0.5) is 0 Å². The van der Waals surface area contributed by atoms with Crippen LogP contribution < -0.4 is 5.73 Å². The first kappa shape index (κ1) is 14.1. The highest BCUT2D eigenvalue weighted by molar-refractivity contribution is 7.99. The first-order valence-corrected chi connectivity index (χ1v) is 7.47. The summed E-state index contributed by atoms with van der Waals surface area (Å²) in [7, 11) is 0. The molecule has 0 saturated heterocycles. The van der Waals surface area contributed by atoms with E-state index in [0.717, 1.165) is 23.6 Å². The number of nitrogens with zero attached hydrogens (tertiary/aromatic N) is 2. The van der Waals surface area contributed by atoms with Gasteiger partial charge in [0.25, 0.3) is 5.89 Å². The summed E-state index contributed by atoms with van der Waals surface area (Å²) in [4.78, 5) is 4.42. The summed E-state index contributed by atoms with van der Waals surface area (Å²) in [6.07, 6.45) is 0.859. The van der Waals surface area contributed by atoms with E-state index in [0.29, 0.717) is 17.7 Å². The van der Waals surface area contributed by atoms with Crippen molar-refractivity contribution in [3.63, 3.8) is 0 Å². The first-order chi connectivity index (χ1) is 9.19. The Morgan fingerprint density at radius 1 is 1.37 bits per heavy atom. The van der Waals surface area contributed by atoms with Crippen molar-refractivity contribution in [1.29, 1.82) is 0 Å². The Balaban J connectivity index is 2.11. The fourth-order valence-corrected chi connectivity index (χ4v) is 2.30. The molecular weight excluding hydrogens is 258 g/mol. The third-order valence-electron chi connectivity index (χ3n) is 2.62. The molecule has 0 aliphatic heterocycles. The summed E-state index contributed by atoms with van der Waals surface area (Å²) in [5, 5.41) is 4.57. The molecule has 1 aromatic carbocycles. The van der Waals surface area contributed by atoms with Crippen molar-refractivity contribution < 1.29 is 4.52 Å². The Bertz CT molecular complexity index is 525. The lowest BCUT2D eigenvalue weighted by atomic mass is 10.1. The van der Waals surface area contributed by atoms with Gasteiger partial charge in [-0.3, -0.25) is 0 Å². The number of hydrogen-bond donors (Lipinski definition) is 1. The zero-order chi connectivity index (χ0) is 13.7. The molecule has 0 radical (unpaired) electrons. The van der Waals surface area contributed by atoms with Gasteiger partial charge < -0.3 is 10.3 Å². The molecule has 0 amide bonds. The predicted molar refractivity (Wildman–Crippen MR) is 78.9 cm³/mol. The molecule has 2 aromatic rings. The van der Waals surface area contributed by atoms with Gasteiger partial charge in [0.05, 0.1) is 5.75 Å². The fraction of sp³-hybridized carbons (Fsp3) is 0.429. The van der Waals surface area contributed by atoms with Crippen LogP contribution in [0.2, 0.25) is 0 Å². The second kappa shape index (κ2) is 6.73. The topological polar surface area (TPSA) is 64.9 Å². The summed E-state index contributed by atoms with van der Waals surface area (Å²) >= 11 is 1.80. The van der Waals surface area contributed by atoms with E-state index < -0.39 is 0 Å². The van der Waals surface area contributed by atoms with Crippen molar-refractivity contribution >= 4 is 11.8 Å². The Labute approximate surface area is 117 Å². The first-order valence-electron chi connectivity index (χ1n) is 6.42. The molecule has 0 aliphatic carbocycles. The lowest BCUT2D eigenvalue weighted by Gasteiger charge is -2.00. The number of aromatic nitrogens is 2. The van der Waals surface area contributed by atoms with Crippen molar-refractivity contribution in [3.05, 3.63) is 35.7 Å². The third-order valence-corrected chi connectivity index (χ3v) is 3.71. The smallest absolute Gasteiger partial charge is 0.257 e. The van der Waals surface area contributed by atoms with Crippen LogP contribution in [0.15, 0.2) is 28.8 Å². The molecule has 2 N–H and O–H groups in total. The number of rotatable bonds is 6. The minimum absolute atomic E-state index is 0.565. The van der Waals surface area contributed by atoms with Crippen LogP contribution >= 0.6 is 11.8 Å². The summed E-state index contributed by atoms with van der Waals surface area (Å²) in [6, 6.07) is 8.09. The molecule has 0 aliphatic rings. The third kappa shape index (κ3) is 4.08. The summed E-state index contributed by atoms with van der Waals surface area (Å²) in [5.41, 5.74) is 7.72. The molecule has 0 bridgehead atoms.